The zero-order valence-corrected chi connectivity index (χ0v) is 31.8. The van der Waals surface area contributed by atoms with Gasteiger partial charge in [0.1, 0.15) is 29.7 Å². The van der Waals surface area contributed by atoms with Crippen LogP contribution in [-0.2, 0) is 24.0 Å². The molecule has 1 saturated heterocycles. The smallest absolute Gasteiger partial charge is 0.296 e. The van der Waals surface area contributed by atoms with Crippen LogP contribution in [0.25, 0.3) is 11.1 Å². The number of halogens is 1. The van der Waals surface area contributed by atoms with E-state index in [4.69, 9.17) is 26.5 Å². The van der Waals surface area contributed by atoms with Gasteiger partial charge in [-0.05, 0) is 54.7 Å². The molecule has 15 heteroatoms. The lowest BCUT2D eigenvalue weighted by molar-refractivity contribution is -0.145. The Morgan fingerprint density at radius 1 is 1.00 bits per heavy atom. The van der Waals surface area contributed by atoms with Crippen LogP contribution in [0.2, 0.25) is 5.02 Å². The van der Waals surface area contributed by atoms with Crippen LogP contribution in [-0.4, -0.2) is 81.1 Å². The quantitative estimate of drug-likeness (QED) is 0.169. The standard InChI is InChI=1S/C39H50ClN7O7/c1-39(2,3)33(46-36(51)31(23-12-5-4-6-13-23)45-38-44-26-14-7-8-15-29(26)54-38)37(52)47-21-25(53-30-17-16-24(40)20-42-30)19-28(47)35(50)43-27(32(48)34(41)49)18-22-10-9-11-22/h7-8,14-17,20,22-23,25,27-28,31,33H,4-6,9-13,18-19,21H2,1-3H3,(H2,41,49)(H,43,50)(H,44,45)(H,46,51)/t25-,27?,28+,31+,33-/m1/s1. The van der Waals surface area contributed by atoms with Crippen molar-refractivity contribution >= 4 is 58.1 Å². The minimum absolute atomic E-state index is 0.00601. The van der Waals surface area contributed by atoms with Gasteiger partial charge in [-0.1, -0.05) is 83.0 Å². The third-order valence-corrected chi connectivity index (χ3v) is 11.1. The number of nitrogens with one attached hydrogen (secondary N) is 3. The average Bonchev–Trinajstić information content (AvgIpc) is 3.74. The zero-order valence-electron chi connectivity index (χ0n) is 31.0. The van der Waals surface area contributed by atoms with E-state index in [0.717, 1.165) is 51.4 Å². The molecule has 1 unspecified atom stereocenters. The van der Waals surface area contributed by atoms with Crippen LogP contribution < -0.4 is 26.4 Å². The third-order valence-electron chi connectivity index (χ3n) is 10.9. The normalized spacial score (nSPS) is 21.1. The van der Waals surface area contributed by atoms with E-state index in [9.17, 15) is 24.0 Å². The second-order valence-electron chi connectivity index (χ2n) is 15.9. The maximum Gasteiger partial charge on any atom is 0.296 e. The molecule has 0 bridgehead atoms. The molecule has 1 aliphatic heterocycles. The molecule has 4 amide bonds. The SMILES string of the molecule is CC(C)(C)[C@H](NC(=O)[C@@H](Nc1nc2ccccc2o1)C1CCCCC1)C(=O)N1C[C@H](Oc2ccc(Cl)cn2)C[C@H]1C(=O)NC(CC1CCC1)C(=O)C(N)=O. The number of ether oxygens (including phenoxy) is 1. The second kappa shape index (κ2) is 16.7. The highest BCUT2D eigenvalue weighted by Crippen LogP contribution is 2.33. The second-order valence-corrected chi connectivity index (χ2v) is 16.4. The van der Waals surface area contributed by atoms with Gasteiger partial charge in [0, 0.05) is 18.7 Å². The summed E-state index contributed by atoms with van der Waals surface area (Å²) >= 11 is 6.03. The number of rotatable bonds is 14. The largest absolute Gasteiger partial charge is 0.472 e. The topological polar surface area (TPSA) is 199 Å². The van der Waals surface area contributed by atoms with Crippen LogP contribution in [0.3, 0.4) is 0 Å². The molecule has 2 aliphatic carbocycles. The molecule has 14 nitrogen and oxygen atoms in total. The number of pyridine rings is 1. The molecule has 1 aromatic carbocycles. The molecule has 54 heavy (non-hydrogen) atoms. The number of oxazole rings is 1. The summed E-state index contributed by atoms with van der Waals surface area (Å²) in [6, 6.07) is 6.75. The van der Waals surface area contributed by atoms with Gasteiger partial charge in [0.15, 0.2) is 5.58 Å². The van der Waals surface area contributed by atoms with Crippen LogP contribution in [0.5, 0.6) is 5.88 Å². The number of carbonyl (C=O) groups is 5. The minimum atomic E-state index is -1.14. The number of para-hydroxylation sites is 2. The monoisotopic (exact) mass is 763 g/mol. The first-order valence-corrected chi connectivity index (χ1v) is 19.3. The number of hydrogen-bond acceptors (Lipinski definition) is 10. The van der Waals surface area contributed by atoms with Crippen LogP contribution in [0.15, 0.2) is 47.0 Å². The van der Waals surface area contributed by atoms with E-state index in [1.54, 1.807) is 18.2 Å². The highest BCUT2D eigenvalue weighted by Gasteiger charge is 2.47. The number of nitrogens with zero attached hydrogens (tertiary/aromatic N) is 3. The van der Waals surface area contributed by atoms with Gasteiger partial charge >= 0.3 is 0 Å². The van der Waals surface area contributed by atoms with Gasteiger partial charge in [-0.25, -0.2) is 4.98 Å². The number of likely N-dealkylation sites (tertiary alicyclic amines) is 1. The lowest BCUT2D eigenvalue weighted by Crippen LogP contribution is -2.61. The van der Waals surface area contributed by atoms with Crippen molar-refractivity contribution < 1.29 is 33.1 Å². The summed E-state index contributed by atoms with van der Waals surface area (Å²) in [5.41, 5.74) is 5.82. The van der Waals surface area contributed by atoms with Crippen molar-refractivity contribution in [1.29, 1.82) is 0 Å². The van der Waals surface area contributed by atoms with Crippen molar-refractivity contribution in [2.24, 2.45) is 23.0 Å². The summed E-state index contributed by atoms with van der Waals surface area (Å²) in [5, 5.41) is 9.47. The summed E-state index contributed by atoms with van der Waals surface area (Å²) in [6.07, 6.45) is 8.54. The highest BCUT2D eigenvalue weighted by molar-refractivity contribution is 6.37. The Bertz CT molecular complexity index is 1800. The fraction of sp³-hybridized carbons (Fsp3) is 0.564. The summed E-state index contributed by atoms with van der Waals surface area (Å²) in [7, 11) is 0. The molecular weight excluding hydrogens is 714 g/mol. The van der Waals surface area contributed by atoms with Crippen molar-refractivity contribution in [3.8, 4) is 5.88 Å². The van der Waals surface area contributed by atoms with Gasteiger partial charge in [-0.3, -0.25) is 24.0 Å². The van der Waals surface area contributed by atoms with Crippen LogP contribution >= 0.6 is 11.6 Å². The maximum atomic E-state index is 14.8. The predicted molar refractivity (Wildman–Crippen MR) is 201 cm³/mol. The van der Waals surface area contributed by atoms with Crippen molar-refractivity contribution in [2.45, 2.75) is 115 Å². The van der Waals surface area contributed by atoms with Gasteiger partial charge in [-0.15, -0.1) is 0 Å². The Morgan fingerprint density at radius 3 is 2.37 bits per heavy atom. The fourth-order valence-corrected chi connectivity index (χ4v) is 7.80. The van der Waals surface area contributed by atoms with E-state index in [0.29, 0.717) is 16.1 Å². The molecule has 3 fully saturated rings. The minimum Gasteiger partial charge on any atom is -0.472 e. The molecule has 5 N–H and O–H groups in total. The van der Waals surface area contributed by atoms with E-state index < -0.39 is 59.2 Å². The van der Waals surface area contributed by atoms with Gasteiger partial charge in [0.05, 0.1) is 17.6 Å². The number of primary amides is 1. The Balaban J connectivity index is 1.26. The van der Waals surface area contributed by atoms with E-state index >= 15 is 0 Å². The van der Waals surface area contributed by atoms with Crippen molar-refractivity contribution in [1.82, 2.24) is 25.5 Å². The summed E-state index contributed by atoms with van der Waals surface area (Å²) < 4.78 is 12.1. The third kappa shape index (κ3) is 9.31. The van der Waals surface area contributed by atoms with Crippen LogP contribution in [0, 0.1) is 17.3 Å². The molecule has 2 saturated carbocycles. The number of benzene rings is 1. The molecule has 3 aromatic rings. The van der Waals surface area contributed by atoms with Crippen molar-refractivity contribution in [2.75, 3.05) is 11.9 Å². The molecule has 290 valence electrons. The average molecular weight is 764 g/mol. The number of hydrogen-bond donors (Lipinski definition) is 4. The maximum absolute atomic E-state index is 14.8. The molecular formula is C39H50ClN7O7. The van der Waals surface area contributed by atoms with E-state index in [1.807, 2.05) is 39.0 Å². The highest BCUT2D eigenvalue weighted by atomic mass is 35.5. The first-order valence-electron chi connectivity index (χ1n) is 18.9. The van der Waals surface area contributed by atoms with Crippen LogP contribution in [0.4, 0.5) is 6.01 Å². The molecule has 3 aliphatic rings. The number of fused-ring (bicyclic) bond motifs is 1. The van der Waals surface area contributed by atoms with Crippen molar-refractivity contribution in [3.63, 3.8) is 0 Å². The number of nitrogens with two attached hydrogens (primary N) is 1. The van der Waals surface area contributed by atoms with Crippen LogP contribution in [0.1, 0.15) is 85.0 Å². The van der Waals surface area contributed by atoms with E-state index in [1.165, 1.54) is 11.1 Å². The van der Waals surface area contributed by atoms with E-state index in [-0.39, 0.29) is 49.0 Å². The number of Topliss-reactive ketones (excluding diaryl/α,β-unsaturated/α-hetero) is 1. The lowest BCUT2D eigenvalue weighted by Gasteiger charge is -2.37. The number of anilines is 1. The number of amides is 4. The number of carbonyl (C=O) groups excluding carboxylic acids is 5. The van der Waals surface area contributed by atoms with Crippen molar-refractivity contribution in [3.05, 3.63) is 47.6 Å². The summed E-state index contributed by atoms with van der Waals surface area (Å²) in [5.74, 6) is -3.12. The molecule has 0 spiro atoms. The summed E-state index contributed by atoms with van der Waals surface area (Å²) in [4.78, 5) is 78.3. The predicted octanol–water partition coefficient (Wildman–Crippen LogP) is 4.55. The summed E-state index contributed by atoms with van der Waals surface area (Å²) in [6.45, 7) is 5.53. The van der Waals surface area contributed by atoms with Gasteiger partial charge in [-0.2, -0.15) is 4.98 Å². The lowest BCUT2D eigenvalue weighted by atomic mass is 9.80. The molecule has 3 heterocycles. The Labute approximate surface area is 319 Å². The van der Waals surface area contributed by atoms with Gasteiger partial charge in [0.2, 0.25) is 29.4 Å². The molecule has 2 aromatic heterocycles. The van der Waals surface area contributed by atoms with Gasteiger partial charge in [0.25, 0.3) is 11.9 Å². The Morgan fingerprint density at radius 2 is 1.74 bits per heavy atom. The first-order chi connectivity index (χ1) is 25.8. The molecule has 0 radical (unpaired) electrons. The Hall–Kier alpha value is -4.72. The van der Waals surface area contributed by atoms with Gasteiger partial charge < -0.3 is 35.7 Å². The number of aromatic nitrogens is 2. The Kier molecular flexibility index (Phi) is 12.1. The zero-order chi connectivity index (χ0) is 38.6. The van der Waals surface area contributed by atoms with E-state index in [2.05, 4.69) is 25.9 Å². The molecule has 6 rings (SSSR count). The molecule has 5 atom stereocenters. The number of ketones is 1. The fourth-order valence-electron chi connectivity index (χ4n) is 7.69. The first kappa shape index (κ1) is 39.0.